The van der Waals surface area contributed by atoms with E-state index >= 15 is 0 Å². The Balaban J connectivity index is 3.05. The highest BCUT2D eigenvalue weighted by Crippen LogP contribution is 2.17. The fraction of sp³-hybridized carbons (Fsp3) is 0.385. The van der Waals surface area contributed by atoms with Crippen molar-refractivity contribution in [2.75, 3.05) is 0 Å². The Kier molecular flexibility index (Phi) is 4.26. The molecule has 0 spiro atoms. The lowest BCUT2D eigenvalue weighted by Gasteiger charge is -2.15. The molecule has 0 radical (unpaired) electrons. The number of carbonyl (C=O) groups is 2. The minimum atomic E-state index is -1.04. The van der Waals surface area contributed by atoms with Crippen molar-refractivity contribution in [3.05, 3.63) is 34.9 Å². The van der Waals surface area contributed by atoms with Crippen molar-refractivity contribution in [3.63, 3.8) is 0 Å². The second-order valence-electron chi connectivity index (χ2n) is 4.11. The molecule has 0 aliphatic carbocycles. The molecule has 1 atom stereocenters. The molecule has 1 rings (SSSR count). The zero-order valence-electron chi connectivity index (χ0n) is 10.3. The number of hydrogen-bond acceptors (Lipinski definition) is 2. The summed E-state index contributed by atoms with van der Waals surface area (Å²) < 4.78 is 0. The topological polar surface area (TPSA) is 66.4 Å². The van der Waals surface area contributed by atoms with Gasteiger partial charge in [-0.05, 0) is 19.4 Å². The van der Waals surface area contributed by atoms with Crippen LogP contribution < -0.4 is 5.32 Å². The van der Waals surface area contributed by atoms with E-state index < -0.39 is 12.0 Å². The lowest BCUT2D eigenvalue weighted by atomic mass is 10.0. The maximum atomic E-state index is 11.3. The minimum absolute atomic E-state index is 0.267. The van der Waals surface area contributed by atoms with E-state index in [0.29, 0.717) is 5.56 Å². The summed E-state index contributed by atoms with van der Waals surface area (Å²) >= 11 is 0. The third-order valence-corrected chi connectivity index (χ3v) is 2.45. The molecule has 2 N–H and O–H groups in total. The average molecular weight is 235 g/mol. The highest BCUT2D eigenvalue weighted by atomic mass is 16.4. The lowest BCUT2D eigenvalue weighted by Crippen LogP contribution is -2.33. The molecule has 4 heteroatoms. The van der Waals surface area contributed by atoms with Gasteiger partial charge in [0, 0.05) is 6.42 Å². The van der Waals surface area contributed by atoms with Crippen molar-refractivity contribution in [1.29, 1.82) is 0 Å². The highest BCUT2D eigenvalue weighted by Gasteiger charge is 2.21. The molecule has 0 saturated heterocycles. The molecular formula is C13H17NO3. The van der Waals surface area contributed by atoms with Crippen LogP contribution in [-0.2, 0) is 9.59 Å². The van der Waals surface area contributed by atoms with Crippen LogP contribution in [0.2, 0.25) is 0 Å². The number of carboxylic acids is 1. The van der Waals surface area contributed by atoms with Crippen molar-refractivity contribution < 1.29 is 14.7 Å². The van der Waals surface area contributed by atoms with Crippen molar-refractivity contribution in [1.82, 2.24) is 5.32 Å². The van der Waals surface area contributed by atoms with Crippen LogP contribution in [-0.4, -0.2) is 17.0 Å². The van der Waals surface area contributed by atoms with Gasteiger partial charge in [0.05, 0.1) is 0 Å². The first kappa shape index (κ1) is 13.2. The third-order valence-electron chi connectivity index (χ3n) is 2.45. The van der Waals surface area contributed by atoms with Gasteiger partial charge in [0.25, 0.3) is 0 Å². The van der Waals surface area contributed by atoms with Gasteiger partial charge in [-0.25, -0.2) is 4.79 Å². The third kappa shape index (κ3) is 3.59. The van der Waals surface area contributed by atoms with Gasteiger partial charge in [0.15, 0.2) is 6.04 Å². The summed E-state index contributed by atoms with van der Waals surface area (Å²) in [6.07, 6.45) is 0.272. The van der Waals surface area contributed by atoms with Gasteiger partial charge in [0.1, 0.15) is 0 Å². The SMILES string of the molecule is CCC(=O)NC(C(=O)O)c1cc(C)cc(C)c1. The summed E-state index contributed by atoms with van der Waals surface area (Å²) in [7, 11) is 0. The van der Waals surface area contributed by atoms with Crippen LogP contribution in [0.4, 0.5) is 0 Å². The lowest BCUT2D eigenvalue weighted by molar-refractivity contribution is -0.142. The summed E-state index contributed by atoms with van der Waals surface area (Å²) in [5.41, 5.74) is 2.57. The van der Waals surface area contributed by atoms with E-state index in [1.54, 1.807) is 19.1 Å². The summed E-state index contributed by atoms with van der Waals surface area (Å²) in [4.78, 5) is 22.5. The number of aliphatic carboxylic acids is 1. The Morgan fingerprint density at radius 2 is 1.76 bits per heavy atom. The maximum absolute atomic E-state index is 11.3. The van der Waals surface area contributed by atoms with Crippen LogP contribution in [0.15, 0.2) is 18.2 Å². The van der Waals surface area contributed by atoms with E-state index in [2.05, 4.69) is 5.32 Å². The molecule has 0 aliphatic heterocycles. The monoisotopic (exact) mass is 235 g/mol. The van der Waals surface area contributed by atoms with Gasteiger partial charge in [-0.1, -0.05) is 36.2 Å². The number of hydrogen-bond donors (Lipinski definition) is 2. The van der Waals surface area contributed by atoms with Crippen LogP contribution in [0.5, 0.6) is 0 Å². The largest absolute Gasteiger partial charge is 0.479 e. The number of aryl methyl sites for hydroxylation is 2. The zero-order chi connectivity index (χ0) is 13.0. The molecule has 0 heterocycles. The molecule has 0 aliphatic rings. The predicted octanol–water partition coefficient (Wildman–Crippen LogP) is 1.96. The van der Waals surface area contributed by atoms with Crippen molar-refractivity contribution in [2.24, 2.45) is 0 Å². The highest BCUT2D eigenvalue weighted by molar-refractivity contribution is 5.84. The van der Waals surface area contributed by atoms with Crippen LogP contribution in [0.25, 0.3) is 0 Å². The van der Waals surface area contributed by atoms with E-state index in [1.165, 1.54) is 0 Å². The number of carbonyl (C=O) groups excluding carboxylic acids is 1. The van der Waals surface area contributed by atoms with Crippen LogP contribution in [0.1, 0.15) is 36.1 Å². The second-order valence-corrected chi connectivity index (χ2v) is 4.11. The van der Waals surface area contributed by atoms with Gasteiger partial charge >= 0.3 is 5.97 Å². The van der Waals surface area contributed by atoms with Gasteiger partial charge in [-0.3, -0.25) is 4.79 Å². The fourth-order valence-corrected chi connectivity index (χ4v) is 1.73. The second kappa shape index (κ2) is 5.48. The molecule has 1 amide bonds. The standard InChI is InChI=1S/C13H17NO3/c1-4-11(15)14-12(13(16)17)10-6-8(2)5-9(3)7-10/h5-7,12H,4H2,1-3H3,(H,14,15)(H,16,17). The zero-order valence-corrected chi connectivity index (χ0v) is 10.3. The number of amides is 1. The van der Waals surface area contributed by atoms with Gasteiger partial charge < -0.3 is 10.4 Å². The van der Waals surface area contributed by atoms with Crippen LogP contribution in [0, 0.1) is 13.8 Å². The maximum Gasteiger partial charge on any atom is 0.330 e. The van der Waals surface area contributed by atoms with Gasteiger partial charge in [-0.15, -0.1) is 0 Å². The number of carboxylic acid groups (broad SMARTS) is 1. The normalized spacial score (nSPS) is 11.9. The number of benzene rings is 1. The smallest absolute Gasteiger partial charge is 0.330 e. The summed E-state index contributed by atoms with van der Waals surface area (Å²) in [6.45, 7) is 5.49. The molecule has 0 aromatic heterocycles. The van der Waals surface area contributed by atoms with Gasteiger partial charge in [0.2, 0.25) is 5.91 Å². The van der Waals surface area contributed by atoms with Crippen molar-refractivity contribution >= 4 is 11.9 Å². The summed E-state index contributed by atoms with van der Waals surface area (Å²) in [6, 6.07) is 4.55. The fourth-order valence-electron chi connectivity index (χ4n) is 1.73. The Hall–Kier alpha value is -1.84. The van der Waals surface area contributed by atoms with E-state index in [-0.39, 0.29) is 12.3 Å². The Labute approximate surface area is 101 Å². The average Bonchev–Trinajstić information content (AvgIpc) is 2.23. The first-order valence-electron chi connectivity index (χ1n) is 5.54. The van der Waals surface area contributed by atoms with E-state index in [0.717, 1.165) is 11.1 Å². The first-order chi connectivity index (χ1) is 7.93. The van der Waals surface area contributed by atoms with E-state index in [9.17, 15) is 9.59 Å². The minimum Gasteiger partial charge on any atom is -0.479 e. The van der Waals surface area contributed by atoms with Crippen LogP contribution in [0.3, 0.4) is 0 Å². The van der Waals surface area contributed by atoms with Crippen molar-refractivity contribution in [3.8, 4) is 0 Å². The Bertz CT molecular complexity index is 420. The van der Waals surface area contributed by atoms with E-state index in [4.69, 9.17) is 5.11 Å². The number of rotatable bonds is 4. The first-order valence-corrected chi connectivity index (χ1v) is 5.54. The Morgan fingerprint density at radius 1 is 1.24 bits per heavy atom. The van der Waals surface area contributed by atoms with Gasteiger partial charge in [-0.2, -0.15) is 0 Å². The molecule has 0 bridgehead atoms. The molecule has 17 heavy (non-hydrogen) atoms. The molecule has 4 nitrogen and oxygen atoms in total. The van der Waals surface area contributed by atoms with Crippen LogP contribution >= 0.6 is 0 Å². The molecular weight excluding hydrogens is 218 g/mol. The van der Waals surface area contributed by atoms with Crippen molar-refractivity contribution in [2.45, 2.75) is 33.2 Å². The molecule has 0 saturated carbocycles. The number of nitrogens with one attached hydrogen (secondary N) is 1. The summed E-state index contributed by atoms with van der Waals surface area (Å²) in [5, 5.41) is 11.6. The van der Waals surface area contributed by atoms with E-state index in [1.807, 2.05) is 19.9 Å². The quantitative estimate of drug-likeness (QED) is 0.838. The molecule has 1 aromatic carbocycles. The molecule has 0 fully saturated rings. The molecule has 1 aromatic rings. The Morgan fingerprint density at radius 3 is 2.18 bits per heavy atom. The predicted molar refractivity (Wildman–Crippen MR) is 64.7 cm³/mol. The molecule has 92 valence electrons. The summed E-state index contributed by atoms with van der Waals surface area (Å²) in [5.74, 6) is -1.31. The molecule has 1 unspecified atom stereocenters.